The average Bonchev–Trinajstić information content (AvgIpc) is 2.96. The van der Waals surface area contributed by atoms with E-state index in [1.165, 1.54) is 32.1 Å². The zero-order chi connectivity index (χ0) is 38.6. The number of hydrogen-bond acceptors (Lipinski definition) is 7. The maximum atomic E-state index is 12.2. The lowest BCUT2D eigenvalue weighted by atomic mass is 9.82. The second-order valence-corrected chi connectivity index (χ2v) is 27.3. The Kier molecular flexibility index (Phi) is 20.9. The largest absolute Gasteiger partial charge is 0.446 e. The minimum atomic E-state index is -4.64. The van der Waals surface area contributed by atoms with Gasteiger partial charge in [0.05, 0.1) is 11.2 Å². The third-order valence-electron chi connectivity index (χ3n) is 10.7. The predicted octanol–water partition coefficient (Wildman–Crippen LogP) is 10.9. The van der Waals surface area contributed by atoms with Crippen LogP contribution in [0.15, 0.2) is 0 Å². The van der Waals surface area contributed by atoms with E-state index in [-0.39, 0.29) is 29.8 Å². The molecule has 0 aromatic rings. The van der Waals surface area contributed by atoms with Crippen LogP contribution in [0.5, 0.6) is 0 Å². The summed E-state index contributed by atoms with van der Waals surface area (Å²) in [7, 11) is 0.322. The van der Waals surface area contributed by atoms with Crippen LogP contribution in [-0.4, -0.2) is 97.4 Å². The molecule has 2 fully saturated rings. The monoisotopic (exact) mass is 760 g/mol. The molecule has 0 unspecified atom stereocenters. The van der Waals surface area contributed by atoms with Crippen LogP contribution in [0, 0.1) is 0 Å². The molecule has 300 valence electrons. The van der Waals surface area contributed by atoms with E-state index in [0.29, 0.717) is 18.1 Å². The van der Waals surface area contributed by atoms with Gasteiger partial charge in [-0.05, 0) is 95.6 Å². The Morgan fingerprint density at radius 3 is 1.32 bits per heavy atom. The summed E-state index contributed by atoms with van der Waals surface area (Å²) in [6.07, 6.45) is 4.08. The molecule has 2 rings (SSSR count). The van der Waals surface area contributed by atoms with E-state index in [0.717, 1.165) is 38.9 Å². The molecule has 0 spiro atoms. The molecule has 2 aliphatic rings. The van der Waals surface area contributed by atoms with Gasteiger partial charge in [0.25, 0.3) is 0 Å². The number of ether oxygens (including phenoxy) is 3. The van der Waals surface area contributed by atoms with E-state index >= 15 is 0 Å². The van der Waals surface area contributed by atoms with Crippen LogP contribution in [0.4, 0.5) is 18.0 Å². The van der Waals surface area contributed by atoms with Gasteiger partial charge in [-0.1, -0.05) is 68.2 Å². The van der Waals surface area contributed by atoms with Crippen molar-refractivity contribution in [2.45, 2.75) is 187 Å². The van der Waals surface area contributed by atoms with Gasteiger partial charge in [-0.15, -0.1) is 0 Å². The van der Waals surface area contributed by atoms with E-state index < -0.39 is 34.7 Å². The molecule has 1 amide bonds. The SMILES string of the molecule is C.COC1(CCO[Si](C)(C)C(C)(C)C)CCCCC1.COC1(CCO[Si](C)(C)C(C)(C)C)CCN(C(=O)OC(C)(C)C)CC1.O=CC(F)(F)F. The van der Waals surface area contributed by atoms with Crippen LogP contribution in [0.25, 0.3) is 0 Å². The van der Waals surface area contributed by atoms with Gasteiger partial charge in [-0.25, -0.2) is 4.79 Å². The number of piperidine rings is 1. The Morgan fingerprint density at radius 2 is 1.04 bits per heavy atom. The predicted molar refractivity (Wildman–Crippen MR) is 204 cm³/mol. The molecule has 0 aromatic heterocycles. The van der Waals surface area contributed by atoms with E-state index in [2.05, 4.69) is 67.7 Å². The number of nitrogens with zero attached hydrogens (tertiary/aromatic N) is 1. The van der Waals surface area contributed by atoms with Gasteiger partial charge in [-0.3, -0.25) is 4.79 Å². The van der Waals surface area contributed by atoms with E-state index in [9.17, 15) is 18.0 Å². The summed E-state index contributed by atoms with van der Waals surface area (Å²) in [5.74, 6) is 0. The molecule has 0 radical (unpaired) electrons. The van der Waals surface area contributed by atoms with Crippen LogP contribution < -0.4 is 0 Å². The Bertz CT molecular complexity index is 974. The van der Waals surface area contributed by atoms with Gasteiger partial charge in [0.1, 0.15) is 5.60 Å². The first kappa shape index (κ1) is 51.1. The molecule has 0 atom stereocenters. The molecule has 1 saturated heterocycles. The minimum absolute atomic E-state index is 0. The fraction of sp³-hybridized carbons (Fsp3) is 0.946. The van der Waals surface area contributed by atoms with Crippen molar-refractivity contribution in [2.75, 3.05) is 40.5 Å². The number of aldehydes is 1. The molecule has 13 heteroatoms. The second-order valence-electron chi connectivity index (χ2n) is 17.7. The van der Waals surface area contributed by atoms with Crippen LogP contribution >= 0.6 is 0 Å². The smallest absolute Gasteiger partial charge is 0.444 e. The van der Waals surface area contributed by atoms with Gasteiger partial charge >= 0.3 is 12.3 Å². The Morgan fingerprint density at radius 1 is 0.700 bits per heavy atom. The molecule has 1 heterocycles. The molecule has 1 aliphatic heterocycles. The molecule has 0 aromatic carbocycles. The van der Waals surface area contributed by atoms with Crippen molar-refractivity contribution in [2.24, 2.45) is 0 Å². The minimum Gasteiger partial charge on any atom is -0.444 e. The zero-order valence-electron chi connectivity index (χ0n) is 33.7. The lowest BCUT2D eigenvalue weighted by Gasteiger charge is -2.42. The molecular weight excluding hydrogens is 684 g/mol. The molecule has 50 heavy (non-hydrogen) atoms. The number of methoxy groups -OCH3 is 2. The van der Waals surface area contributed by atoms with E-state index in [1.54, 1.807) is 12.0 Å². The van der Waals surface area contributed by atoms with Crippen molar-refractivity contribution in [3.8, 4) is 0 Å². The molecule has 0 bridgehead atoms. The molecule has 1 aliphatic carbocycles. The highest BCUT2D eigenvalue weighted by molar-refractivity contribution is 6.74. The lowest BCUT2D eigenvalue weighted by Crippen LogP contribution is -2.50. The topological polar surface area (TPSA) is 83.5 Å². The maximum Gasteiger partial charge on any atom is 0.446 e. The third kappa shape index (κ3) is 18.7. The average molecular weight is 760 g/mol. The zero-order valence-corrected chi connectivity index (χ0v) is 35.7. The highest BCUT2D eigenvalue weighted by atomic mass is 28.4. The maximum absolute atomic E-state index is 12.2. The first-order chi connectivity index (χ1) is 22.0. The van der Waals surface area contributed by atoms with Gasteiger partial charge in [0.2, 0.25) is 6.29 Å². The summed E-state index contributed by atoms with van der Waals surface area (Å²) in [5.41, 5.74) is -0.536. The quantitative estimate of drug-likeness (QED) is 0.162. The summed E-state index contributed by atoms with van der Waals surface area (Å²) in [4.78, 5) is 22.7. The number of carbonyl (C=O) groups excluding carboxylic acids is 2. The van der Waals surface area contributed by atoms with Crippen molar-refractivity contribution in [3.05, 3.63) is 0 Å². The van der Waals surface area contributed by atoms with Crippen molar-refractivity contribution in [1.29, 1.82) is 0 Å². The number of amides is 1. The van der Waals surface area contributed by atoms with Crippen LogP contribution in [0.1, 0.15) is 128 Å². The van der Waals surface area contributed by atoms with Gasteiger partial charge in [-0.2, -0.15) is 13.2 Å². The Labute approximate surface area is 306 Å². The number of rotatable bonds is 10. The van der Waals surface area contributed by atoms with E-state index in [4.69, 9.17) is 27.9 Å². The fourth-order valence-corrected chi connectivity index (χ4v) is 7.24. The first-order valence-electron chi connectivity index (χ1n) is 17.9. The Balaban J connectivity index is 0. The number of alkyl halides is 3. The molecular formula is C37H76F3NO7Si2. The summed E-state index contributed by atoms with van der Waals surface area (Å²) in [6, 6.07) is 0. The van der Waals surface area contributed by atoms with E-state index in [1.807, 2.05) is 27.9 Å². The standard InChI is InChI=1S/C19H39NO4Si.C15H32O2Si.C2HF3O.CH4/c1-17(2,3)24-16(21)20-13-10-19(22-7,11-14-20)12-15-23-25(8,9)18(4,5)6;1-14(2,3)18(5,6)17-13-12-15(16-4)10-8-7-9-11-15;3-2(4,5)1-6;/h10-15H2,1-9H3;7-13H2,1-6H3;1H;1H4. The number of likely N-dealkylation sites (tertiary alicyclic amines) is 1. The van der Waals surface area contributed by atoms with Crippen molar-refractivity contribution in [3.63, 3.8) is 0 Å². The second kappa shape index (κ2) is 20.5. The highest BCUT2D eigenvalue weighted by Crippen LogP contribution is 2.39. The summed E-state index contributed by atoms with van der Waals surface area (Å²) in [5, 5.41) is 0.521. The first-order valence-corrected chi connectivity index (χ1v) is 23.7. The van der Waals surface area contributed by atoms with Crippen LogP contribution in [-0.2, 0) is 27.9 Å². The fourth-order valence-electron chi connectivity index (χ4n) is 5.15. The summed E-state index contributed by atoms with van der Waals surface area (Å²) >= 11 is 0. The lowest BCUT2D eigenvalue weighted by molar-refractivity contribution is -0.156. The number of carbonyl (C=O) groups is 2. The molecule has 1 saturated carbocycles. The summed E-state index contributed by atoms with van der Waals surface area (Å²) < 4.78 is 61.0. The Hall–Kier alpha value is -0.996. The van der Waals surface area contributed by atoms with Crippen molar-refractivity contribution >= 4 is 29.0 Å². The number of halogens is 3. The van der Waals surface area contributed by atoms with Crippen molar-refractivity contribution < 1.29 is 45.8 Å². The highest BCUT2D eigenvalue weighted by Gasteiger charge is 2.41. The van der Waals surface area contributed by atoms with Crippen molar-refractivity contribution in [1.82, 2.24) is 4.90 Å². The van der Waals surface area contributed by atoms with Gasteiger partial charge < -0.3 is 28.0 Å². The van der Waals surface area contributed by atoms with Crippen LogP contribution in [0.3, 0.4) is 0 Å². The van der Waals surface area contributed by atoms with Gasteiger partial charge in [0, 0.05) is 40.5 Å². The number of hydrogen-bond donors (Lipinski definition) is 0. The molecule has 0 N–H and O–H groups in total. The van der Waals surface area contributed by atoms with Crippen LogP contribution in [0.2, 0.25) is 36.3 Å². The van der Waals surface area contributed by atoms with Gasteiger partial charge in [0.15, 0.2) is 16.6 Å². The molecule has 8 nitrogen and oxygen atoms in total. The summed E-state index contributed by atoms with van der Waals surface area (Å²) in [6.45, 7) is 31.5. The normalized spacial score (nSPS) is 18.4. The third-order valence-corrected chi connectivity index (χ3v) is 19.8.